The number of nitrogens with zero attached hydrogens (tertiary/aromatic N) is 3. The number of carbonyl (C=O) groups excluding carboxylic acids is 2. The number of aryl methyl sites for hydroxylation is 1. The molecule has 3 aliphatic rings. The van der Waals surface area contributed by atoms with Crippen molar-refractivity contribution in [3.63, 3.8) is 0 Å². The minimum Gasteiger partial charge on any atom is -0.396 e. The van der Waals surface area contributed by atoms with Crippen LogP contribution >= 0.6 is 0 Å². The first-order chi connectivity index (χ1) is 17.6. The second-order valence-electron chi connectivity index (χ2n) is 9.90. The van der Waals surface area contributed by atoms with Crippen LogP contribution in [0.3, 0.4) is 0 Å². The van der Waals surface area contributed by atoms with E-state index in [1.165, 1.54) is 36.1 Å². The summed E-state index contributed by atoms with van der Waals surface area (Å²) < 4.78 is 0. The first kappa shape index (κ1) is 30.0. The predicted molar refractivity (Wildman–Crippen MR) is 146 cm³/mol. The maximum atomic E-state index is 13.1. The van der Waals surface area contributed by atoms with Gasteiger partial charge in [0.15, 0.2) is 0 Å². The van der Waals surface area contributed by atoms with Crippen molar-refractivity contribution >= 4 is 12.7 Å². The monoisotopic (exact) mass is 500 g/mol. The Labute approximate surface area is 218 Å². The lowest BCUT2D eigenvalue weighted by Gasteiger charge is -2.43. The lowest BCUT2D eigenvalue weighted by molar-refractivity contribution is -0.135. The second-order valence-corrected chi connectivity index (χ2v) is 9.90. The Morgan fingerprint density at radius 1 is 1.14 bits per heavy atom. The number of piperazine rings is 1. The number of rotatable bonds is 8. The minimum atomic E-state index is 0.181. The Morgan fingerprint density at radius 3 is 2.53 bits per heavy atom. The minimum absolute atomic E-state index is 0.181. The van der Waals surface area contributed by atoms with Crippen LogP contribution in [0.25, 0.3) is 0 Å². The van der Waals surface area contributed by atoms with Crippen LogP contribution in [0.4, 0.5) is 0 Å². The van der Waals surface area contributed by atoms with Gasteiger partial charge in [-0.1, -0.05) is 69.9 Å². The number of unbranched alkanes of at least 4 members (excludes halogenated alkanes) is 2. The van der Waals surface area contributed by atoms with Crippen molar-refractivity contribution in [3.8, 4) is 0 Å². The van der Waals surface area contributed by atoms with Crippen LogP contribution in [0, 0.1) is 12.8 Å². The smallest absolute Gasteiger partial charge is 0.236 e. The van der Waals surface area contributed by atoms with E-state index in [9.17, 15) is 9.90 Å². The molecule has 1 aromatic carbocycles. The molecule has 0 aromatic heterocycles. The number of amides is 1. The average molecular weight is 501 g/mol. The predicted octanol–water partition coefficient (Wildman–Crippen LogP) is 4.08. The maximum absolute atomic E-state index is 13.1. The highest BCUT2D eigenvalue weighted by Crippen LogP contribution is 2.31. The highest BCUT2D eigenvalue weighted by molar-refractivity contribution is 5.78. The summed E-state index contributed by atoms with van der Waals surface area (Å²) in [6.07, 6.45) is 9.19. The van der Waals surface area contributed by atoms with E-state index in [-0.39, 0.29) is 24.5 Å². The molecule has 3 aliphatic heterocycles. The lowest BCUT2D eigenvalue weighted by Crippen LogP contribution is -2.56. The molecule has 2 N–H and O–H groups in total. The van der Waals surface area contributed by atoms with Gasteiger partial charge in [0.1, 0.15) is 6.79 Å². The molecule has 202 valence electrons. The van der Waals surface area contributed by atoms with Crippen LogP contribution in [0.15, 0.2) is 36.0 Å². The Balaban J connectivity index is 0.00000109. The molecule has 0 spiro atoms. The SMILES string of the molecule is C=O.CC.CCCCCC1CN(CC(=O)N2CCCC(CO)C2)CC2=CC(c3ccc(C)cc3)NN21. The zero-order valence-electron chi connectivity index (χ0n) is 22.9. The number of hydrogen-bond donors (Lipinski definition) is 2. The molecule has 7 heteroatoms. The van der Waals surface area contributed by atoms with Crippen molar-refractivity contribution in [2.24, 2.45) is 5.92 Å². The normalized spacial score (nSPS) is 23.6. The van der Waals surface area contributed by atoms with E-state index in [0.717, 1.165) is 38.9 Å². The summed E-state index contributed by atoms with van der Waals surface area (Å²) in [5.74, 6) is 0.453. The number of hydrogen-bond acceptors (Lipinski definition) is 6. The molecule has 3 heterocycles. The highest BCUT2D eigenvalue weighted by Gasteiger charge is 2.36. The van der Waals surface area contributed by atoms with Crippen molar-refractivity contribution in [1.82, 2.24) is 20.2 Å². The molecular formula is C29H48N4O3. The Bertz CT molecular complexity index is 813. The number of hydrazine groups is 1. The van der Waals surface area contributed by atoms with E-state index in [2.05, 4.69) is 59.5 Å². The fourth-order valence-electron chi connectivity index (χ4n) is 5.33. The third kappa shape index (κ3) is 8.15. The zero-order chi connectivity index (χ0) is 26.5. The van der Waals surface area contributed by atoms with E-state index in [4.69, 9.17) is 4.79 Å². The van der Waals surface area contributed by atoms with Crippen LogP contribution in [0.5, 0.6) is 0 Å². The molecule has 3 unspecified atom stereocenters. The van der Waals surface area contributed by atoms with Gasteiger partial charge < -0.3 is 19.8 Å². The van der Waals surface area contributed by atoms with Gasteiger partial charge in [0.2, 0.25) is 5.91 Å². The van der Waals surface area contributed by atoms with Gasteiger partial charge in [-0.05, 0) is 43.7 Å². The molecule has 1 aromatic rings. The van der Waals surface area contributed by atoms with Crippen LogP contribution in [0.2, 0.25) is 0 Å². The van der Waals surface area contributed by atoms with Crippen molar-refractivity contribution in [2.75, 3.05) is 39.3 Å². The number of benzene rings is 1. The average Bonchev–Trinajstić information content (AvgIpc) is 3.36. The van der Waals surface area contributed by atoms with Gasteiger partial charge in [0, 0.05) is 38.5 Å². The molecule has 0 aliphatic carbocycles. The summed E-state index contributed by atoms with van der Waals surface area (Å²) >= 11 is 0. The van der Waals surface area contributed by atoms with E-state index >= 15 is 0 Å². The molecule has 7 nitrogen and oxygen atoms in total. The summed E-state index contributed by atoms with van der Waals surface area (Å²) in [7, 11) is 0. The van der Waals surface area contributed by atoms with Gasteiger partial charge in [0.05, 0.1) is 18.6 Å². The van der Waals surface area contributed by atoms with Crippen LogP contribution in [-0.4, -0.2) is 78.0 Å². The standard InChI is InChI=1S/C26H40N4O2.C2H6.CH2O/c1-3-4-5-8-23-16-28(18-26(32)29-13-6-7-21(15-29)19-31)17-24-14-25(27-30(23)24)22-11-9-20(2)10-12-22;2*1-2/h9-12,14,21,23,25,27,31H,3-8,13,15-19H2,1-2H3;1-2H3;1H2. The highest BCUT2D eigenvalue weighted by atomic mass is 16.3. The summed E-state index contributed by atoms with van der Waals surface area (Å²) in [6.45, 7) is 14.3. The van der Waals surface area contributed by atoms with Crippen LogP contribution in [0.1, 0.15) is 76.5 Å². The summed E-state index contributed by atoms with van der Waals surface area (Å²) in [6, 6.07) is 9.36. The number of carbonyl (C=O) groups is 2. The lowest BCUT2D eigenvalue weighted by atomic mass is 9.99. The van der Waals surface area contributed by atoms with Crippen molar-refractivity contribution in [1.29, 1.82) is 0 Å². The topological polar surface area (TPSA) is 76.1 Å². The first-order valence-corrected chi connectivity index (χ1v) is 13.8. The van der Waals surface area contributed by atoms with Gasteiger partial charge in [-0.15, -0.1) is 0 Å². The van der Waals surface area contributed by atoms with Crippen molar-refractivity contribution < 1.29 is 14.7 Å². The van der Waals surface area contributed by atoms with E-state index in [1.54, 1.807) is 0 Å². The molecule has 1 amide bonds. The summed E-state index contributed by atoms with van der Waals surface area (Å²) in [5, 5.41) is 11.9. The molecule has 3 atom stereocenters. The fourth-order valence-corrected chi connectivity index (χ4v) is 5.33. The number of nitrogens with one attached hydrogen (secondary N) is 1. The largest absolute Gasteiger partial charge is 0.396 e. The van der Waals surface area contributed by atoms with Gasteiger partial charge in [-0.25, -0.2) is 5.43 Å². The number of piperidine rings is 1. The molecular weight excluding hydrogens is 452 g/mol. The number of likely N-dealkylation sites (tertiary alicyclic amines) is 1. The number of aliphatic hydroxyl groups is 1. The van der Waals surface area contributed by atoms with Gasteiger partial charge in [-0.3, -0.25) is 9.69 Å². The summed E-state index contributed by atoms with van der Waals surface area (Å²) in [5.41, 5.74) is 7.61. The number of aliphatic hydroxyl groups excluding tert-OH is 1. The Hall–Kier alpha value is -2.22. The third-order valence-corrected chi connectivity index (χ3v) is 7.23. The maximum Gasteiger partial charge on any atom is 0.236 e. The van der Waals surface area contributed by atoms with E-state index in [0.29, 0.717) is 19.1 Å². The van der Waals surface area contributed by atoms with Crippen molar-refractivity contribution in [2.45, 2.75) is 78.3 Å². The summed E-state index contributed by atoms with van der Waals surface area (Å²) in [4.78, 5) is 25.4. The van der Waals surface area contributed by atoms with Gasteiger partial charge >= 0.3 is 0 Å². The third-order valence-electron chi connectivity index (χ3n) is 7.23. The molecule has 4 rings (SSSR count). The van der Waals surface area contributed by atoms with E-state index < -0.39 is 0 Å². The Kier molecular flexibility index (Phi) is 13.2. The zero-order valence-corrected chi connectivity index (χ0v) is 22.9. The molecule has 0 bridgehead atoms. The number of fused-ring (bicyclic) bond motifs is 1. The Morgan fingerprint density at radius 2 is 1.86 bits per heavy atom. The molecule has 2 fully saturated rings. The fraction of sp³-hybridized carbons (Fsp3) is 0.655. The van der Waals surface area contributed by atoms with Crippen LogP contribution < -0.4 is 5.43 Å². The van der Waals surface area contributed by atoms with Crippen molar-refractivity contribution in [3.05, 3.63) is 47.2 Å². The van der Waals surface area contributed by atoms with Crippen LogP contribution in [-0.2, 0) is 9.59 Å². The molecule has 2 saturated heterocycles. The van der Waals surface area contributed by atoms with Gasteiger partial charge in [-0.2, -0.15) is 0 Å². The van der Waals surface area contributed by atoms with Gasteiger partial charge in [0.25, 0.3) is 0 Å². The first-order valence-electron chi connectivity index (χ1n) is 13.8. The molecule has 36 heavy (non-hydrogen) atoms. The quantitative estimate of drug-likeness (QED) is 0.524. The second kappa shape index (κ2) is 15.8. The molecule has 0 saturated carbocycles. The molecule has 0 radical (unpaired) electrons. The van der Waals surface area contributed by atoms with E-state index in [1.807, 2.05) is 25.5 Å².